The van der Waals surface area contributed by atoms with E-state index in [1.165, 1.54) is 7.11 Å². The van der Waals surface area contributed by atoms with E-state index in [1.807, 2.05) is 4.90 Å². The van der Waals surface area contributed by atoms with E-state index in [9.17, 15) is 22.4 Å². The summed E-state index contributed by atoms with van der Waals surface area (Å²) in [6, 6.07) is 1.65. The molecule has 11 nitrogen and oxygen atoms in total. The number of anilines is 2. The van der Waals surface area contributed by atoms with Crippen molar-refractivity contribution in [2.45, 2.75) is 44.8 Å². The van der Waals surface area contributed by atoms with Gasteiger partial charge in [0.15, 0.2) is 17.3 Å². The fourth-order valence-electron chi connectivity index (χ4n) is 5.31. The molecule has 0 saturated heterocycles. The van der Waals surface area contributed by atoms with Gasteiger partial charge in [-0.3, -0.25) is 9.48 Å². The summed E-state index contributed by atoms with van der Waals surface area (Å²) in [6.07, 6.45) is -5.60. The van der Waals surface area contributed by atoms with E-state index in [0.29, 0.717) is 61.2 Å². The number of methoxy groups -OCH3 is 1. The van der Waals surface area contributed by atoms with E-state index in [1.54, 1.807) is 4.68 Å². The molecule has 0 aliphatic carbocycles. The Morgan fingerprint density at radius 2 is 2.05 bits per heavy atom. The molecule has 212 valence electrons. The number of benzene rings is 1. The number of carbonyl (C=O) groups excluding carboxylic acids is 1. The van der Waals surface area contributed by atoms with Crippen LogP contribution < -0.4 is 25.4 Å². The highest BCUT2D eigenvalue weighted by Gasteiger charge is 2.40. The Hall–Kier alpha value is -4.14. The predicted molar refractivity (Wildman–Crippen MR) is 131 cm³/mol. The Bertz CT molecular complexity index is 1490. The Labute approximate surface area is 225 Å². The first-order valence-electron chi connectivity index (χ1n) is 12.6. The van der Waals surface area contributed by atoms with Gasteiger partial charge in [-0.1, -0.05) is 0 Å². The molecule has 40 heavy (non-hydrogen) atoms. The zero-order valence-corrected chi connectivity index (χ0v) is 21.3. The van der Waals surface area contributed by atoms with Gasteiger partial charge in [0, 0.05) is 30.6 Å². The maximum Gasteiger partial charge on any atom is 0.416 e. The normalized spacial score (nSPS) is 19.0. The summed E-state index contributed by atoms with van der Waals surface area (Å²) in [6.45, 7) is 1.85. The number of hydrogen-bond acceptors (Lipinski definition) is 9. The lowest BCUT2D eigenvalue weighted by molar-refractivity contribution is -0.140. The molecular weight excluding hydrogens is 538 g/mol. The third kappa shape index (κ3) is 4.43. The van der Waals surface area contributed by atoms with E-state index in [2.05, 4.69) is 20.4 Å². The molecule has 3 N–H and O–H groups in total. The van der Waals surface area contributed by atoms with Crippen LogP contribution >= 0.6 is 0 Å². The number of nitrogens with one attached hydrogen (secondary N) is 1. The highest BCUT2D eigenvalue weighted by Crippen LogP contribution is 2.43. The lowest BCUT2D eigenvalue weighted by Crippen LogP contribution is -2.29. The van der Waals surface area contributed by atoms with Crippen molar-refractivity contribution < 1.29 is 36.6 Å². The minimum absolute atomic E-state index is 0.00528. The molecule has 2 aromatic heterocycles. The lowest BCUT2D eigenvalue weighted by atomic mass is 9.94. The summed E-state index contributed by atoms with van der Waals surface area (Å²) in [5.41, 5.74) is 5.24. The number of halogens is 4. The van der Waals surface area contributed by atoms with Crippen LogP contribution in [0.2, 0.25) is 0 Å². The zero-order valence-electron chi connectivity index (χ0n) is 21.3. The van der Waals surface area contributed by atoms with Crippen LogP contribution in [0.3, 0.4) is 0 Å². The fraction of sp³-hybridized carbons (Fsp3) is 0.440. The number of nitrogens with zero attached hydrogens (tertiary/aromatic N) is 5. The number of nitrogens with two attached hydrogens (primary N) is 1. The van der Waals surface area contributed by atoms with Crippen molar-refractivity contribution >= 4 is 17.4 Å². The molecule has 0 bridgehead atoms. The molecule has 1 atom stereocenters. The van der Waals surface area contributed by atoms with Gasteiger partial charge in [-0.05, 0) is 18.6 Å². The zero-order chi connectivity index (χ0) is 28.2. The second kappa shape index (κ2) is 9.80. The number of ether oxygens (including phenoxy) is 3. The van der Waals surface area contributed by atoms with Gasteiger partial charge in [0.05, 0.1) is 49.9 Å². The molecule has 0 fully saturated rings. The summed E-state index contributed by atoms with van der Waals surface area (Å²) < 4.78 is 75.1. The van der Waals surface area contributed by atoms with Gasteiger partial charge in [0.2, 0.25) is 0 Å². The van der Waals surface area contributed by atoms with Crippen LogP contribution in [0.5, 0.6) is 11.8 Å². The van der Waals surface area contributed by atoms with Gasteiger partial charge in [0.25, 0.3) is 5.91 Å². The van der Waals surface area contributed by atoms with Crippen LogP contribution in [0.15, 0.2) is 12.1 Å². The van der Waals surface area contributed by atoms with Crippen molar-refractivity contribution in [3.63, 3.8) is 0 Å². The molecule has 0 radical (unpaired) electrons. The highest BCUT2D eigenvalue weighted by molar-refractivity contribution is 5.95. The molecule has 3 aromatic rings. The highest BCUT2D eigenvalue weighted by atomic mass is 19.4. The number of carbonyl (C=O) groups is 1. The number of amides is 1. The topological polar surface area (TPSA) is 130 Å². The smallest absolute Gasteiger partial charge is 0.416 e. The number of aryl methyl sites for hydroxylation is 1. The first-order chi connectivity index (χ1) is 19.2. The van der Waals surface area contributed by atoms with Crippen molar-refractivity contribution in [2.75, 3.05) is 37.4 Å². The van der Waals surface area contributed by atoms with E-state index in [-0.39, 0.29) is 37.2 Å². The van der Waals surface area contributed by atoms with Crippen molar-refractivity contribution in [3.05, 3.63) is 51.7 Å². The van der Waals surface area contributed by atoms with E-state index >= 15 is 0 Å². The van der Waals surface area contributed by atoms with E-state index in [0.717, 1.165) is 12.1 Å². The maximum atomic E-state index is 15.0. The second-order valence-electron chi connectivity index (χ2n) is 9.62. The minimum atomic E-state index is -4.81. The van der Waals surface area contributed by atoms with Crippen LogP contribution in [0.25, 0.3) is 0 Å². The Morgan fingerprint density at radius 3 is 2.83 bits per heavy atom. The van der Waals surface area contributed by atoms with Gasteiger partial charge in [-0.2, -0.15) is 28.2 Å². The first-order valence-corrected chi connectivity index (χ1v) is 12.6. The SMILES string of the molecule is COc1nc2c(c(N3CCCn4nc5c(c4C3)OCCNC5=O)n1)COC(c1c(C(F)(F)F)ccc(N)c1F)C2. The molecule has 3 aliphatic heterocycles. The number of aromatic nitrogens is 4. The maximum absolute atomic E-state index is 15.0. The summed E-state index contributed by atoms with van der Waals surface area (Å²) in [7, 11) is 1.38. The van der Waals surface area contributed by atoms with E-state index < -0.39 is 34.9 Å². The number of rotatable bonds is 3. The third-order valence-electron chi connectivity index (χ3n) is 7.17. The fourth-order valence-corrected chi connectivity index (χ4v) is 5.31. The molecule has 3 aliphatic rings. The Kier molecular flexibility index (Phi) is 6.40. The number of alkyl halides is 3. The number of nitrogen functional groups attached to an aromatic ring is 1. The standard InChI is InChI=1S/C25H25F4N7O4/c1-38-24-32-15-9-17(18-13(25(27,28)29)3-4-14(30)19(18)26)40-11-12(15)22(33-24)35-6-2-7-36-16(10-35)21-20(34-36)23(37)31-5-8-39-21/h3-4,17H,2,5-11,30H2,1H3,(H,31,37). The molecule has 0 spiro atoms. The molecule has 1 aromatic carbocycles. The molecular formula is C25H25F4N7O4. The summed E-state index contributed by atoms with van der Waals surface area (Å²) in [5, 5.41) is 7.21. The van der Waals surface area contributed by atoms with E-state index in [4.69, 9.17) is 19.9 Å². The molecule has 1 amide bonds. The average Bonchev–Trinajstić information content (AvgIpc) is 3.04. The quantitative estimate of drug-likeness (QED) is 0.365. The van der Waals surface area contributed by atoms with Crippen LogP contribution in [-0.2, 0) is 37.0 Å². The molecule has 5 heterocycles. The van der Waals surface area contributed by atoms with Gasteiger partial charge in [-0.25, -0.2) is 4.39 Å². The van der Waals surface area contributed by atoms with Crippen LogP contribution in [0, 0.1) is 5.82 Å². The van der Waals surface area contributed by atoms with Crippen LogP contribution in [0.4, 0.5) is 29.1 Å². The van der Waals surface area contributed by atoms with Crippen molar-refractivity contribution in [1.82, 2.24) is 25.1 Å². The Morgan fingerprint density at radius 1 is 1.23 bits per heavy atom. The number of fused-ring (bicyclic) bond motifs is 4. The lowest BCUT2D eigenvalue weighted by Gasteiger charge is -2.31. The largest absolute Gasteiger partial charge is 0.487 e. The summed E-state index contributed by atoms with van der Waals surface area (Å²) in [5.74, 6) is -0.613. The first kappa shape index (κ1) is 26.1. The van der Waals surface area contributed by atoms with Gasteiger partial charge in [-0.15, -0.1) is 0 Å². The molecule has 1 unspecified atom stereocenters. The third-order valence-corrected chi connectivity index (χ3v) is 7.17. The average molecular weight is 564 g/mol. The van der Waals surface area contributed by atoms with Gasteiger partial charge in [0.1, 0.15) is 18.1 Å². The van der Waals surface area contributed by atoms with Crippen molar-refractivity contribution in [1.29, 1.82) is 0 Å². The Balaban J connectivity index is 1.38. The van der Waals surface area contributed by atoms with Crippen molar-refractivity contribution in [2.24, 2.45) is 0 Å². The van der Waals surface area contributed by atoms with Gasteiger partial charge >= 0.3 is 12.2 Å². The molecule has 0 saturated carbocycles. The molecule has 15 heteroatoms. The monoisotopic (exact) mass is 563 g/mol. The van der Waals surface area contributed by atoms with Crippen molar-refractivity contribution in [3.8, 4) is 11.8 Å². The van der Waals surface area contributed by atoms with Crippen LogP contribution in [0.1, 0.15) is 51.1 Å². The van der Waals surface area contributed by atoms with Crippen LogP contribution in [-0.4, -0.2) is 52.5 Å². The number of hydrogen-bond donors (Lipinski definition) is 2. The minimum Gasteiger partial charge on any atom is -0.487 e. The predicted octanol–water partition coefficient (Wildman–Crippen LogP) is 2.77. The van der Waals surface area contributed by atoms with Gasteiger partial charge < -0.3 is 30.2 Å². The summed E-state index contributed by atoms with van der Waals surface area (Å²) >= 11 is 0. The summed E-state index contributed by atoms with van der Waals surface area (Å²) in [4.78, 5) is 23.4. The second-order valence-corrected chi connectivity index (χ2v) is 9.62. The molecule has 6 rings (SSSR count).